The number of nitrogens with two attached hydrogens (primary N) is 1. The summed E-state index contributed by atoms with van der Waals surface area (Å²) in [5.74, 6) is 0. The summed E-state index contributed by atoms with van der Waals surface area (Å²) in [6.45, 7) is 2.99. The van der Waals surface area contributed by atoms with Crippen LogP contribution in [0, 0.1) is 0 Å². The van der Waals surface area contributed by atoms with Gasteiger partial charge >= 0.3 is 0 Å². The van der Waals surface area contributed by atoms with Gasteiger partial charge in [0.2, 0.25) is 0 Å². The zero-order valence-corrected chi connectivity index (χ0v) is 11.4. The quantitative estimate of drug-likeness (QED) is 0.790. The maximum Gasteiger partial charge on any atom is 0.118 e. The van der Waals surface area contributed by atoms with Crippen molar-refractivity contribution in [3.63, 3.8) is 0 Å². The van der Waals surface area contributed by atoms with Gasteiger partial charge in [-0.05, 0) is 18.6 Å². The SMILES string of the molecule is CCCn1cc(N)c(-c2cnn(-c3ccccc3)c2)n1. The Morgan fingerprint density at radius 1 is 1.15 bits per heavy atom. The molecule has 5 nitrogen and oxygen atoms in total. The highest BCUT2D eigenvalue weighted by Gasteiger charge is 2.11. The van der Waals surface area contributed by atoms with E-state index in [-0.39, 0.29) is 0 Å². The van der Waals surface area contributed by atoms with Crippen LogP contribution in [0.25, 0.3) is 16.9 Å². The summed E-state index contributed by atoms with van der Waals surface area (Å²) in [6.07, 6.45) is 6.65. The molecular weight excluding hydrogens is 250 g/mol. The molecule has 2 aromatic heterocycles. The molecule has 102 valence electrons. The molecule has 0 atom stereocenters. The molecule has 3 aromatic rings. The average Bonchev–Trinajstić information content (AvgIpc) is 3.07. The Labute approximate surface area is 117 Å². The second kappa shape index (κ2) is 5.21. The predicted octanol–water partition coefficient (Wildman–Crippen LogP) is 2.73. The zero-order valence-electron chi connectivity index (χ0n) is 11.4. The van der Waals surface area contributed by atoms with Gasteiger partial charge in [0, 0.05) is 24.5 Å². The highest BCUT2D eigenvalue weighted by molar-refractivity contribution is 5.71. The first kappa shape index (κ1) is 12.5. The lowest BCUT2D eigenvalue weighted by molar-refractivity contribution is 0.605. The van der Waals surface area contributed by atoms with Crippen LogP contribution >= 0.6 is 0 Å². The number of rotatable bonds is 4. The Bertz CT molecular complexity index is 696. The predicted molar refractivity (Wildman–Crippen MR) is 79.5 cm³/mol. The highest BCUT2D eigenvalue weighted by Crippen LogP contribution is 2.24. The summed E-state index contributed by atoms with van der Waals surface area (Å²) in [4.78, 5) is 0. The van der Waals surface area contributed by atoms with Gasteiger partial charge in [-0.1, -0.05) is 25.1 Å². The summed E-state index contributed by atoms with van der Waals surface area (Å²) in [7, 11) is 0. The smallest absolute Gasteiger partial charge is 0.118 e. The standard InChI is InChI=1S/C15H17N5/c1-2-8-19-11-14(16)15(18-19)12-9-17-20(10-12)13-6-4-3-5-7-13/h3-7,9-11H,2,8,16H2,1H3. The molecule has 1 aromatic carbocycles. The monoisotopic (exact) mass is 267 g/mol. The average molecular weight is 267 g/mol. The van der Waals surface area contributed by atoms with Crippen LogP contribution in [0.4, 0.5) is 5.69 Å². The molecular formula is C15H17N5. The third kappa shape index (κ3) is 2.30. The summed E-state index contributed by atoms with van der Waals surface area (Å²) in [6, 6.07) is 9.98. The Hall–Kier alpha value is -2.56. The second-order valence-corrected chi connectivity index (χ2v) is 4.71. The van der Waals surface area contributed by atoms with E-state index in [1.165, 1.54) is 0 Å². The van der Waals surface area contributed by atoms with E-state index in [0.717, 1.165) is 29.9 Å². The van der Waals surface area contributed by atoms with Crippen molar-refractivity contribution in [2.75, 3.05) is 5.73 Å². The van der Waals surface area contributed by atoms with Gasteiger partial charge in [0.15, 0.2) is 0 Å². The van der Waals surface area contributed by atoms with Gasteiger partial charge < -0.3 is 5.73 Å². The minimum Gasteiger partial charge on any atom is -0.396 e. The number of aryl methyl sites for hydroxylation is 1. The van der Waals surface area contributed by atoms with Crippen LogP contribution < -0.4 is 5.73 Å². The fraction of sp³-hybridized carbons (Fsp3) is 0.200. The van der Waals surface area contributed by atoms with Crippen molar-refractivity contribution >= 4 is 5.69 Å². The van der Waals surface area contributed by atoms with E-state index in [1.807, 2.05) is 52.1 Å². The Kier molecular flexibility index (Phi) is 3.25. The fourth-order valence-electron chi connectivity index (χ4n) is 2.17. The molecule has 5 heteroatoms. The van der Waals surface area contributed by atoms with E-state index in [4.69, 9.17) is 5.73 Å². The van der Waals surface area contributed by atoms with E-state index in [9.17, 15) is 0 Å². The van der Waals surface area contributed by atoms with Crippen molar-refractivity contribution in [1.82, 2.24) is 19.6 Å². The van der Waals surface area contributed by atoms with Crippen molar-refractivity contribution < 1.29 is 0 Å². The molecule has 0 aliphatic carbocycles. The van der Waals surface area contributed by atoms with E-state index >= 15 is 0 Å². The molecule has 0 fully saturated rings. The molecule has 2 heterocycles. The molecule has 0 spiro atoms. The first-order valence-electron chi connectivity index (χ1n) is 6.71. The first-order chi connectivity index (χ1) is 9.78. The van der Waals surface area contributed by atoms with E-state index in [2.05, 4.69) is 17.1 Å². The van der Waals surface area contributed by atoms with Crippen molar-refractivity contribution in [3.8, 4) is 16.9 Å². The topological polar surface area (TPSA) is 61.7 Å². The number of nitrogen functional groups attached to an aromatic ring is 1. The number of aromatic nitrogens is 4. The molecule has 0 unspecified atom stereocenters. The molecule has 0 saturated heterocycles. The van der Waals surface area contributed by atoms with Crippen LogP contribution in [-0.4, -0.2) is 19.6 Å². The van der Waals surface area contributed by atoms with Crippen LogP contribution in [0.2, 0.25) is 0 Å². The van der Waals surface area contributed by atoms with Crippen LogP contribution in [0.1, 0.15) is 13.3 Å². The van der Waals surface area contributed by atoms with Gasteiger partial charge in [0.25, 0.3) is 0 Å². The molecule has 2 N–H and O–H groups in total. The molecule has 0 aliphatic heterocycles. The zero-order chi connectivity index (χ0) is 13.9. The first-order valence-corrected chi connectivity index (χ1v) is 6.71. The minimum atomic E-state index is 0.686. The Morgan fingerprint density at radius 2 is 1.95 bits per heavy atom. The molecule has 0 amide bonds. The largest absolute Gasteiger partial charge is 0.396 e. The summed E-state index contributed by atoms with van der Waals surface area (Å²) >= 11 is 0. The molecule has 0 saturated carbocycles. The van der Waals surface area contributed by atoms with Gasteiger partial charge in [0.05, 0.1) is 17.6 Å². The minimum absolute atomic E-state index is 0.686. The van der Waals surface area contributed by atoms with Gasteiger partial charge in [-0.3, -0.25) is 4.68 Å². The lowest BCUT2D eigenvalue weighted by Crippen LogP contribution is -1.96. The second-order valence-electron chi connectivity index (χ2n) is 4.71. The maximum absolute atomic E-state index is 6.03. The lowest BCUT2D eigenvalue weighted by atomic mass is 10.2. The maximum atomic E-state index is 6.03. The van der Waals surface area contributed by atoms with E-state index in [0.29, 0.717) is 5.69 Å². The number of hydrogen-bond donors (Lipinski definition) is 1. The van der Waals surface area contributed by atoms with Crippen LogP contribution in [-0.2, 0) is 6.54 Å². The summed E-state index contributed by atoms with van der Waals surface area (Å²) in [5.41, 5.74) is 9.46. The van der Waals surface area contributed by atoms with Crippen molar-refractivity contribution in [1.29, 1.82) is 0 Å². The van der Waals surface area contributed by atoms with E-state index in [1.54, 1.807) is 6.20 Å². The summed E-state index contributed by atoms with van der Waals surface area (Å²) in [5, 5.41) is 8.89. The Balaban J connectivity index is 1.94. The lowest BCUT2D eigenvalue weighted by Gasteiger charge is -1.99. The molecule has 0 bridgehead atoms. The van der Waals surface area contributed by atoms with Crippen LogP contribution in [0.15, 0.2) is 48.9 Å². The van der Waals surface area contributed by atoms with Crippen LogP contribution in [0.3, 0.4) is 0 Å². The highest BCUT2D eigenvalue weighted by atomic mass is 15.3. The molecule has 0 radical (unpaired) electrons. The van der Waals surface area contributed by atoms with Crippen molar-refractivity contribution in [2.24, 2.45) is 0 Å². The van der Waals surface area contributed by atoms with Crippen LogP contribution in [0.5, 0.6) is 0 Å². The summed E-state index contributed by atoms with van der Waals surface area (Å²) < 4.78 is 3.71. The number of hydrogen-bond acceptors (Lipinski definition) is 3. The molecule has 20 heavy (non-hydrogen) atoms. The Morgan fingerprint density at radius 3 is 2.70 bits per heavy atom. The third-order valence-corrected chi connectivity index (χ3v) is 3.12. The molecule has 3 rings (SSSR count). The normalized spacial score (nSPS) is 10.8. The fourth-order valence-corrected chi connectivity index (χ4v) is 2.17. The number of nitrogens with zero attached hydrogens (tertiary/aromatic N) is 4. The number of para-hydroxylation sites is 1. The van der Waals surface area contributed by atoms with Gasteiger partial charge in [0.1, 0.15) is 5.69 Å². The van der Waals surface area contributed by atoms with E-state index < -0.39 is 0 Å². The van der Waals surface area contributed by atoms with Gasteiger partial charge in [-0.15, -0.1) is 0 Å². The van der Waals surface area contributed by atoms with Crippen molar-refractivity contribution in [3.05, 3.63) is 48.9 Å². The van der Waals surface area contributed by atoms with Gasteiger partial charge in [-0.2, -0.15) is 10.2 Å². The number of anilines is 1. The number of benzene rings is 1. The van der Waals surface area contributed by atoms with Gasteiger partial charge in [-0.25, -0.2) is 4.68 Å². The molecule has 0 aliphatic rings. The van der Waals surface area contributed by atoms with Crippen molar-refractivity contribution in [2.45, 2.75) is 19.9 Å². The third-order valence-electron chi connectivity index (χ3n) is 3.12.